The topological polar surface area (TPSA) is 234 Å². The summed E-state index contributed by atoms with van der Waals surface area (Å²) in [5.41, 5.74) is 0.779. The van der Waals surface area contributed by atoms with Crippen LogP contribution in [0, 0.1) is 0 Å². The molecule has 27 heteroatoms. The lowest BCUT2D eigenvalue weighted by Gasteiger charge is -2.28. The van der Waals surface area contributed by atoms with Gasteiger partial charge in [-0.15, -0.1) is 0 Å². The first-order valence-electron chi connectivity index (χ1n) is 20.7. The number of nitrogens with one attached hydrogen (secondary N) is 1. The van der Waals surface area contributed by atoms with E-state index in [4.69, 9.17) is 47.1 Å². The highest BCUT2D eigenvalue weighted by Crippen LogP contribution is 2.33. The number of aromatic amines is 1. The zero-order valence-electron chi connectivity index (χ0n) is 37.7. The van der Waals surface area contributed by atoms with Gasteiger partial charge < -0.3 is 33.7 Å². The van der Waals surface area contributed by atoms with Gasteiger partial charge in [-0.2, -0.15) is 18.2 Å². The van der Waals surface area contributed by atoms with Crippen LogP contribution in [-0.4, -0.2) is 156 Å². The third kappa shape index (κ3) is 12.0. The fourth-order valence-corrected chi connectivity index (χ4v) is 6.83. The molecular formula is C40H47Cl2F3N16O6. The number of hydrogen-bond acceptors (Lipinski definition) is 18. The van der Waals surface area contributed by atoms with E-state index in [0.717, 1.165) is 9.47 Å². The Kier molecular flexibility index (Phi) is 14.1. The van der Waals surface area contributed by atoms with Gasteiger partial charge in [-0.3, -0.25) is 4.57 Å². The number of ether oxygens (including phenoxy) is 4. The minimum Gasteiger partial charge on any atom is -0.443 e. The highest BCUT2D eigenvalue weighted by Gasteiger charge is 2.33. The highest BCUT2D eigenvalue weighted by atomic mass is 35.5. The molecule has 6 aromatic heterocycles. The number of rotatable bonds is 7. The third-order valence-corrected chi connectivity index (χ3v) is 9.99. The molecular weight excluding hydrogens is 928 g/mol. The largest absolute Gasteiger partial charge is 0.443 e. The smallest absolute Gasteiger partial charge is 0.416 e. The molecule has 0 saturated carbocycles. The Bertz CT molecular complexity index is 2720. The first kappa shape index (κ1) is 48.6. The number of fused-ring (bicyclic) bond motifs is 2. The first-order valence-corrected chi connectivity index (χ1v) is 21.5. The Morgan fingerprint density at radius 2 is 1.13 bits per heavy atom. The van der Waals surface area contributed by atoms with Crippen molar-refractivity contribution < 1.29 is 41.7 Å². The van der Waals surface area contributed by atoms with Crippen LogP contribution in [0.25, 0.3) is 45.1 Å². The Morgan fingerprint density at radius 3 is 1.60 bits per heavy atom. The molecule has 358 valence electrons. The maximum atomic E-state index is 13.3. The molecule has 8 rings (SSSR count). The molecule has 2 amide bonds. The molecule has 2 aliphatic rings. The number of nitrogens with zero attached hydrogens (tertiary/aromatic N) is 15. The van der Waals surface area contributed by atoms with E-state index < -0.39 is 36.1 Å². The molecule has 22 nitrogen and oxygen atoms in total. The summed E-state index contributed by atoms with van der Waals surface area (Å²) in [6.45, 7) is 13.6. The van der Waals surface area contributed by atoms with Crippen LogP contribution in [0.15, 0.2) is 24.8 Å². The quantitative estimate of drug-likeness (QED) is 0.171. The van der Waals surface area contributed by atoms with Gasteiger partial charge in [0.25, 0.3) is 0 Å². The number of carbonyl (C=O) groups excluding carboxylic acids is 2. The van der Waals surface area contributed by atoms with Crippen LogP contribution in [0.4, 0.5) is 46.3 Å². The Hall–Kier alpha value is -6.31. The Balaban J connectivity index is 0.000000201. The van der Waals surface area contributed by atoms with Crippen LogP contribution >= 0.6 is 23.2 Å². The second-order valence-corrected chi connectivity index (χ2v) is 17.7. The zero-order valence-corrected chi connectivity index (χ0v) is 39.2. The second kappa shape index (κ2) is 19.5. The number of carbonyl (C=O) groups is 2. The molecule has 0 aliphatic carbocycles. The zero-order chi connectivity index (χ0) is 48.4. The number of hydrogen-bond donors (Lipinski definition) is 1. The van der Waals surface area contributed by atoms with Crippen molar-refractivity contribution in [3.05, 3.63) is 35.4 Å². The summed E-state index contributed by atoms with van der Waals surface area (Å²) < 4.78 is 62.0. The van der Waals surface area contributed by atoms with E-state index in [1.807, 2.05) is 4.90 Å². The van der Waals surface area contributed by atoms with E-state index >= 15 is 0 Å². The van der Waals surface area contributed by atoms with E-state index in [2.05, 4.69) is 54.7 Å². The van der Waals surface area contributed by atoms with Crippen molar-refractivity contribution in [2.75, 3.05) is 86.3 Å². The molecule has 0 spiro atoms. The van der Waals surface area contributed by atoms with Gasteiger partial charge in [0.2, 0.25) is 22.5 Å². The van der Waals surface area contributed by atoms with Crippen molar-refractivity contribution in [3.8, 4) is 22.8 Å². The second-order valence-electron chi connectivity index (χ2n) is 17.0. The van der Waals surface area contributed by atoms with Crippen LogP contribution in [0.2, 0.25) is 10.6 Å². The number of H-pyrrole nitrogens is 1. The van der Waals surface area contributed by atoms with Gasteiger partial charge in [-0.25, -0.2) is 64.2 Å². The summed E-state index contributed by atoms with van der Waals surface area (Å²) in [6, 6.07) is 0. The molecule has 0 radical (unpaired) electrons. The lowest BCUT2D eigenvalue weighted by molar-refractivity contribution is -0.140. The molecule has 0 unspecified atom stereocenters. The van der Waals surface area contributed by atoms with Crippen molar-refractivity contribution in [3.63, 3.8) is 0 Å². The van der Waals surface area contributed by atoms with Crippen LogP contribution in [-0.2, 0) is 25.5 Å². The van der Waals surface area contributed by atoms with E-state index in [1.54, 1.807) is 61.0 Å². The van der Waals surface area contributed by atoms with Crippen molar-refractivity contribution in [2.24, 2.45) is 0 Å². The monoisotopic (exact) mass is 974 g/mol. The number of morpholine rings is 2. The van der Waals surface area contributed by atoms with E-state index in [1.165, 1.54) is 24.3 Å². The molecule has 2 fully saturated rings. The standard InChI is InChI=1S/C21H24ClF3N8O3.C19H23ClN8O3/c1-20(2,3)36-19(34)31(4)18-26-9-12(10-27-18)14-29-15(32-5-7-35-8-6-32)13-16(30-14)33(17(22)28-13)11-21(23,24)25;1-19(2,3)31-18(29)27(4)17-21-9-11(10-22-17)13-24-14-12(23-16(20)26-14)15(25-13)28-5-7-30-8-6-28/h9-10H,5-8,11H2,1-4H3;9-10H,5-8H2,1-4H3,(H,23,24,25,26). The van der Waals surface area contributed by atoms with Crippen LogP contribution in [0.1, 0.15) is 41.5 Å². The summed E-state index contributed by atoms with van der Waals surface area (Å²) in [7, 11) is 3.01. The average Bonchev–Trinajstić information content (AvgIpc) is 3.81. The molecule has 8 heterocycles. The fraction of sp³-hybridized carbons (Fsp3) is 0.500. The molecule has 2 saturated heterocycles. The summed E-state index contributed by atoms with van der Waals surface area (Å²) >= 11 is 12.2. The number of aromatic nitrogens is 12. The first-order chi connectivity index (χ1) is 31.5. The normalized spacial score (nSPS) is 14.8. The van der Waals surface area contributed by atoms with Gasteiger partial charge >= 0.3 is 18.4 Å². The molecule has 0 aromatic carbocycles. The van der Waals surface area contributed by atoms with Gasteiger partial charge in [0.05, 0.1) is 37.6 Å². The van der Waals surface area contributed by atoms with Crippen molar-refractivity contribution >= 4 is 81.2 Å². The maximum Gasteiger partial charge on any atom is 0.416 e. The van der Waals surface area contributed by atoms with Crippen molar-refractivity contribution in [2.45, 2.75) is 65.5 Å². The summed E-state index contributed by atoms with van der Waals surface area (Å²) in [4.78, 5) is 77.3. The molecule has 67 heavy (non-hydrogen) atoms. The lowest BCUT2D eigenvalue weighted by Crippen LogP contribution is -2.37. The minimum absolute atomic E-state index is 0.0626. The average molecular weight is 976 g/mol. The molecule has 2 aliphatic heterocycles. The van der Waals surface area contributed by atoms with Crippen molar-refractivity contribution in [1.82, 2.24) is 59.4 Å². The number of amides is 2. The number of imidazole rings is 2. The van der Waals surface area contributed by atoms with Crippen molar-refractivity contribution in [1.29, 1.82) is 0 Å². The molecule has 0 atom stereocenters. The van der Waals surface area contributed by atoms with E-state index in [9.17, 15) is 22.8 Å². The predicted molar refractivity (Wildman–Crippen MR) is 240 cm³/mol. The number of anilines is 4. The Morgan fingerprint density at radius 1 is 0.687 bits per heavy atom. The van der Waals surface area contributed by atoms with Gasteiger partial charge in [-0.05, 0) is 64.7 Å². The minimum atomic E-state index is -4.54. The number of halogens is 5. The van der Waals surface area contributed by atoms with Crippen LogP contribution in [0.5, 0.6) is 0 Å². The Labute approximate surface area is 391 Å². The SMILES string of the molecule is CN(C(=O)OC(C)(C)C)c1ncc(-c2nc(N3CCOCC3)c3[nH]c(Cl)nc3n2)cn1.CN(C(=O)OC(C)(C)C)c1ncc(-c2nc(N3CCOCC3)c3nc(Cl)n(CC(F)(F)F)c3n2)cn1. The maximum absolute atomic E-state index is 13.3. The summed E-state index contributed by atoms with van der Waals surface area (Å²) in [5.74, 6) is 1.77. The summed E-state index contributed by atoms with van der Waals surface area (Å²) in [5, 5.41) is -0.115. The highest BCUT2D eigenvalue weighted by molar-refractivity contribution is 6.29. The third-order valence-electron chi connectivity index (χ3n) is 9.52. The molecule has 1 N–H and O–H groups in total. The van der Waals surface area contributed by atoms with Crippen LogP contribution < -0.4 is 19.6 Å². The lowest BCUT2D eigenvalue weighted by atomic mass is 10.2. The molecule has 6 aromatic rings. The van der Waals surface area contributed by atoms with E-state index in [-0.39, 0.29) is 39.5 Å². The van der Waals surface area contributed by atoms with Gasteiger partial charge in [0, 0.05) is 65.1 Å². The van der Waals surface area contributed by atoms with Crippen LogP contribution in [0.3, 0.4) is 0 Å². The van der Waals surface area contributed by atoms with Gasteiger partial charge in [-0.1, -0.05) is 0 Å². The predicted octanol–water partition coefficient (Wildman–Crippen LogP) is 6.38. The van der Waals surface area contributed by atoms with Gasteiger partial charge in [0.1, 0.15) is 23.3 Å². The number of alkyl halides is 3. The summed E-state index contributed by atoms with van der Waals surface area (Å²) in [6.07, 6.45) is 0.132. The molecule has 0 bridgehead atoms. The van der Waals surface area contributed by atoms with E-state index in [0.29, 0.717) is 92.4 Å². The fourth-order valence-electron chi connectivity index (χ4n) is 6.44. The van der Waals surface area contributed by atoms with Gasteiger partial charge in [0.15, 0.2) is 40.1 Å².